The lowest BCUT2D eigenvalue weighted by Gasteiger charge is -2.25. The molecule has 0 saturated carbocycles. The second-order valence-electron chi connectivity index (χ2n) is 5.73. The summed E-state index contributed by atoms with van der Waals surface area (Å²) in [6.07, 6.45) is 0. The Balaban J connectivity index is 2.36. The van der Waals surface area contributed by atoms with Crippen molar-refractivity contribution in [2.45, 2.75) is 17.9 Å². The molecule has 0 saturated heterocycles. The van der Waals surface area contributed by atoms with Crippen LogP contribution in [-0.4, -0.2) is 40.6 Å². The molecule has 1 atom stereocenters. The van der Waals surface area contributed by atoms with Gasteiger partial charge in [0.15, 0.2) is 0 Å². The van der Waals surface area contributed by atoms with E-state index < -0.39 is 15.9 Å². The summed E-state index contributed by atoms with van der Waals surface area (Å²) < 4.78 is 32.2. The van der Waals surface area contributed by atoms with E-state index in [4.69, 9.17) is 16.3 Å². The third-order valence-electron chi connectivity index (χ3n) is 3.54. The van der Waals surface area contributed by atoms with Gasteiger partial charge >= 0.3 is 0 Å². The number of nitrogens with zero attached hydrogens (tertiary/aromatic N) is 1. The summed E-state index contributed by atoms with van der Waals surface area (Å²) in [5.41, 5.74) is 0.316. The fraction of sp³-hybridized carbons (Fsp3) is 0.278. The summed E-state index contributed by atoms with van der Waals surface area (Å²) >= 11 is 6.01. The summed E-state index contributed by atoms with van der Waals surface area (Å²) in [6.45, 7) is 1.73. The first-order valence-electron chi connectivity index (χ1n) is 7.96. The Morgan fingerprint density at radius 3 is 2.50 bits per heavy atom. The zero-order chi connectivity index (χ0) is 19.2. The summed E-state index contributed by atoms with van der Waals surface area (Å²) in [7, 11) is -2.40. The number of hydrogen-bond donors (Lipinski definition) is 1. The molecule has 0 fully saturated rings. The first-order valence-corrected chi connectivity index (χ1v) is 9.78. The number of carbonyl (C=O) groups excluding carboxylic acids is 1. The molecule has 26 heavy (non-hydrogen) atoms. The fourth-order valence-corrected chi connectivity index (χ4v) is 4.03. The minimum Gasteiger partial charge on any atom is -0.383 e. The Hall–Kier alpha value is -2.09. The van der Waals surface area contributed by atoms with Crippen molar-refractivity contribution in [1.29, 1.82) is 0 Å². The molecule has 8 heteroatoms. The first kappa shape index (κ1) is 20.2. The number of sulfonamides is 1. The van der Waals surface area contributed by atoms with E-state index in [9.17, 15) is 13.2 Å². The lowest BCUT2D eigenvalue weighted by molar-refractivity contribution is -0.120. The highest BCUT2D eigenvalue weighted by molar-refractivity contribution is 7.92. The molecule has 0 bridgehead atoms. The second kappa shape index (κ2) is 9.02. The van der Waals surface area contributed by atoms with Gasteiger partial charge in [-0.3, -0.25) is 9.10 Å². The lowest BCUT2D eigenvalue weighted by Crippen LogP contribution is -2.44. The number of ether oxygens (including phenoxy) is 1. The molecule has 0 radical (unpaired) electrons. The van der Waals surface area contributed by atoms with Gasteiger partial charge < -0.3 is 10.1 Å². The molecule has 0 aliphatic rings. The number of benzene rings is 2. The normalized spacial score (nSPS) is 12.4. The number of carbonyl (C=O) groups is 1. The summed E-state index contributed by atoms with van der Waals surface area (Å²) in [6, 6.07) is 14.1. The maximum Gasteiger partial charge on any atom is 0.264 e. The molecule has 0 aliphatic carbocycles. The number of nitrogens with one attached hydrogen (secondary N) is 1. The van der Waals surface area contributed by atoms with Gasteiger partial charge in [-0.1, -0.05) is 35.9 Å². The molecule has 0 spiro atoms. The summed E-state index contributed by atoms with van der Waals surface area (Å²) in [5, 5.41) is 3.09. The standard InChI is InChI=1S/C18H21ClN2O4S/c1-14(13-25-2)20-18(22)12-21(16-8-6-7-15(19)11-16)26(23,24)17-9-4-3-5-10-17/h3-11,14H,12-13H2,1-2H3,(H,20,22)/t14-/m1/s1. The van der Waals surface area contributed by atoms with E-state index in [1.165, 1.54) is 25.3 Å². The minimum atomic E-state index is -3.93. The van der Waals surface area contributed by atoms with Crippen LogP contribution in [0.3, 0.4) is 0 Å². The van der Waals surface area contributed by atoms with Crippen LogP contribution in [-0.2, 0) is 19.6 Å². The van der Waals surface area contributed by atoms with Crippen LogP contribution in [0.4, 0.5) is 5.69 Å². The van der Waals surface area contributed by atoms with Crippen molar-refractivity contribution >= 4 is 33.2 Å². The molecule has 0 unspecified atom stereocenters. The van der Waals surface area contributed by atoms with Gasteiger partial charge in [-0.15, -0.1) is 0 Å². The topological polar surface area (TPSA) is 75.7 Å². The van der Waals surface area contributed by atoms with Crippen LogP contribution >= 0.6 is 11.6 Å². The number of methoxy groups -OCH3 is 1. The van der Waals surface area contributed by atoms with Gasteiger partial charge in [-0.05, 0) is 37.3 Å². The Labute approximate surface area is 158 Å². The van der Waals surface area contributed by atoms with Gasteiger partial charge in [-0.25, -0.2) is 8.42 Å². The molecule has 0 aliphatic heterocycles. The number of hydrogen-bond acceptors (Lipinski definition) is 4. The van der Waals surface area contributed by atoms with E-state index >= 15 is 0 Å². The maximum atomic E-state index is 13.1. The molecule has 1 amide bonds. The third-order valence-corrected chi connectivity index (χ3v) is 5.56. The van der Waals surface area contributed by atoms with Crippen molar-refractivity contribution in [1.82, 2.24) is 5.32 Å². The van der Waals surface area contributed by atoms with Crippen molar-refractivity contribution in [3.63, 3.8) is 0 Å². The van der Waals surface area contributed by atoms with Gasteiger partial charge in [0, 0.05) is 18.2 Å². The SMILES string of the molecule is COC[C@@H](C)NC(=O)CN(c1cccc(Cl)c1)S(=O)(=O)c1ccccc1. The van der Waals surface area contributed by atoms with E-state index in [0.29, 0.717) is 17.3 Å². The molecule has 6 nitrogen and oxygen atoms in total. The Kier molecular flexibility index (Phi) is 7.02. The van der Waals surface area contributed by atoms with Crippen LogP contribution in [0.25, 0.3) is 0 Å². The van der Waals surface area contributed by atoms with Crippen LogP contribution in [0.2, 0.25) is 5.02 Å². The zero-order valence-corrected chi connectivity index (χ0v) is 16.1. The first-order chi connectivity index (χ1) is 12.3. The van der Waals surface area contributed by atoms with Crippen molar-refractivity contribution in [2.75, 3.05) is 24.6 Å². The van der Waals surface area contributed by atoms with Crippen molar-refractivity contribution in [3.8, 4) is 0 Å². The largest absolute Gasteiger partial charge is 0.383 e. The van der Waals surface area contributed by atoms with Gasteiger partial charge in [0.05, 0.1) is 17.2 Å². The number of amides is 1. The Morgan fingerprint density at radius 2 is 1.88 bits per heavy atom. The van der Waals surface area contributed by atoms with Gasteiger partial charge in [0.25, 0.3) is 10.0 Å². The number of anilines is 1. The molecule has 0 heterocycles. The summed E-state index contributed by atoms with van der Waals surface area (Å²) in [4.78, 5) is 12.5. The highest BCUT2D eigenvalue weighted by atomic mass is 35.5. The average Bonchev–Trinajstić information content (AvgIpc) is 2.60. The van der Waals surface area contributed by atoms with Gasteiger partial charge in [0.2, 0.25) is 5.91 Å². The molecule has 1 N–H and O–H groups in total. The molecule has 0 aromatic heterocycles. The molecule has 140 valence electrons. The van der Waals surface area contributed by atoms with E-state index in [0.717, 1.165) is 4.31 Å². The smallest absolute Gasteiger partial charge is 0.264 e. The quantitative estimate of drug-likeness (QED) is 0.744. The molecule has 2 aromatic rings. The lowest BCUT2D eigenvalue weighted by atomic mass is 10.3. The zero-order valence-electron chi connectivity index (χ0n) is 14.6. The summed E-state index contributed by atoms with van der Waals surface area (Å²) in [5.74, 6) is -0.436. The minimum absolute atomic E-state index is 0.0951. The van der Waals surface area contributed by atoms with E-state index in [1.54, 1.807) is 43.3 Å². The van der Waals surface area contributed by atoms with Crippen LogP contribution < -0.4 is 9.62 Å². The highest BCUT2D eigenvalue weighted by Crippen LogP contribution is 2.25. The van der Waals surface area contributed by atoms with Crippen LogP contribution in [0.5, 0.6) is 0 Å². The Bertz CT molecular complexity index is 843. The maximum absolute atomic E-state index is 13.1. The van der Waals surface area contributed by atoms with Crippen LogP contribution in [0, 0.1) is 0 Å². The van der Waals surface area contributed by atoms with Crippen LogP contribution in [0.15, 0.2) is 59.5 Å². The average molecular weight is 397 g/mol. The molecular formula is C18H21ClN2O4S. The predicted molar refractivity (Wildman–Crippen MR) is 102 cm³/mol. The Morgan fingerprint density at radius 1 is 1.19 bits per heavy atom. The van der Waals surface area contributed by atoms with E-state index in [2.05, 4.69) is 5.32 Å². The second-order valence-corrected chi connectivity index (χ2v) is 8.03. The van der Waals surface area contributed by atoms with Crippen molar-refractivity contribution < 1.29 is 17.9 Å². The van der Waals surface area contributed by atoms with Gasteiger partial charge in [-0.2, -0.15) is 0 Å². The van der Waals surface area contributed by atoms with E-state index in [1.807, 2.05) is 0 Å². The molecule has 2 aromatic carbocycles. The number of halogens is 1. The predicted octanol–water partition coefficient (Wildman–Crippen LogP) is 2.69. The fourth-order valence-electron chi connectivity index (χ4n) is 2.41. The highest BCUT2D eigenvalue weighted by Gasteiger charge is 2.27. The van der Waals surface area contributed by atoms with Crippen molar-refractivity contribution in [3.05, 3.63) is 59.6 Å². The third kappa shape index (κ3) is 5.20. The van der Waals surface area contributed by atoms with Crippen LogP contribution in [0.1, 0.15) is 6.92 Å². The molecule has 2 rings (SSSR count). The molecular weight excluding hydrogens is 376 g/mol. The van der Waals surface area contributed by atoms with Gasteiger partial charge in [0.1, 0.15) is 6.54 Å². The monoisotopic (exact) mass is 396 g/mol. The van der Waals surface area contributed by atoms with E-state index in [-0.39, 0.29) is 17.5 Å². The number of rotatable bonds is 8. The van der Waals surface area contributed by atoms with Crippen molar-refractivity contribution in [2.24, 2.45) is 0 Å².